The van der Waals surface area contributed by atoms with Gasteiger partial charge in [-0.05, 0) is 17.7 Å². The Morgan fingerprint density at radius 2 is 1.94 bits per heavy atom. The molecule has 1 saturated heterocycles. The van der Waals surface area contributed by atoms with E-state index in [1.54, 1.807) is 17.1 Å². The molecule has 3 aromatic rings. The van der Waals surface area contributed by atoms with Crippen molar-refractivity contribution < 1.29 is 13.2 Å². The molecule has 0 bridgehead atoms. The molecule has 0 aliphatic carbocycles. The van der Waals surface area contributed by atoms with Crippen molar-refractivity contribution in [2.24, 2.45) is 0 Å². The number of halogens is 3. The van der Waals surface area contributed by atoms with E-state index in [9.17, 15) is 18.4 Å². The SMILES string of the molecule is CC.CC.N#CCC1(n2cc(-c3ccnc4[nH]ccc34)cn2)CN(SCCC(F)(F)F)C1. The van der Waals surface area contributed by atoms with Crippen LogP contribution in [0.3, 0.4) is 0 Å². The number of pyridine rings is 1. The molecule has 0 amide bonds. The zero-order chi connectivity index (χ0) is 23.8. The highest BCUT2D eigenvalue weighted by molar-refractivity contribution is 7.97. The summed E-state index contributed by atoms with van der Waals surface area (Å²) in [5.41, 5.74) is 2.17. The van der Waals surface area contributed by atoms with Gasteiger partial charge in [0.05, 0.1) is 25.1 Å². The first kappa shape index (κ1) is 25.7. The van der Waals surface area contributed by atoms with Gasteiger partial charge in [0, 0.05) is 48.4 Å². The molecule has 0 radical (unpaired) electrons. The van der Waals surface area contributed by atoms with Gasteiger partial charge < -0.3 is 4.98 Å². The maximum atomic E-state index is 12.3. The van der Waals surface area contributed by atoms with Gasteiger partial charge in [0.15, 0.2) is 0 Å². The molecule has 1 aliphatic heterocycles. The largest absolute Gasteiger partial charge is 0.389 e. The smallest absolute Gasteiger partial charge is 0.346 e. The predicted octanol–water partition coefficient (Wildman–Crippen LogP) is 6.00. The van der Waals surface area contributed by atoms with E-state index in [1.807, 2.05) is 56.5 Å². The summed E-state index contributed by atoms with van der Waals surface area (Å²) in [6, 6.07) is 6.05. The highest BCUT2D eigenvalue weighted by Gasteiger charge is 2.46. The third-order valence-electron chi connectivity index (χ3n) is 4.85. The van der Waals surface area contributed by atoms with E-state index in [0.29, 0.717) is 13.1 Å². The number of hydrogen-bond donors (Lipinski definition) is 1. The Kier molecular flexibility index (Phi) is 9.16. The Bertz CT molecular complexity index is 1010. The Morgan fingerprint density at radius 3 is 2.59 bits per heavy atom. The maximum absolute atomic E-state index is 12.3. The molecule has 0 spiro atoms. The van der Waals surface area contributed by atoms with Gasteiger partial charge in [0.25, 0.3) is 0 Å². The first-order valence-corrected chi connectivity index (χ1v) is 11.6. The van der Waals surface area contributed by atoms with Crippen LogP contribution in [0, 0.1) is 11.3 Å². The topological polar surface area (TPSA) is 73.5 Å². The third kappa shape index (κ3) is 5.84. The van der Waals surface area contributed by atoms with Crippen molar-refractivity contribution >= 4 is 23.0 Å². The zero-order valence-corrected chi connectivity index (χ0v) is 19.6. The summed E-state index contributed by atoms with van der Waals surface area (Å²) in [7, 11) is 0. The van der Waals surface area contributed by atoms with Crippen LogP contribution in [0.4, 0.5) is 13.2 Å². The fourth-order valence-electron chi connectivity index (χ4n) is 3.41. The number of rotatable bonds is 6. The number of alkyl halides is 3. The van der Waals surface area contributed by atoms with E-state index in [2.05, 4.69) is 21.1 Å². The van der Waals surface area contributed by atoms with E-state index in [4.69, 9.17) is 0 Å². The Morgan fingerprint density at radius 1 is 1.22 bits per heavy atom. The Hall–Kier alpha value is -2.51. The summed E-state index contributed by atoms with van der Waals surface area (Å²) in [5, 5.41) is 14.7. The lowest BCUT2D eigenvalue weighted by molar-refractivity contribution is -0.129. The van der Waals surface area contributed by atoms with E-state index in [1.165, 1.54) is 11.9 Å². The quantitative estimate of drug-likeness (QED) is 0.451. The molecule has 32 heavy (non-hydrogen) atoms. The summed E-state index contributed by atoms with van der Waals surface area (Å²) >= 11 is 1.17. The van der Waals surface area contributed by atoms with Gasteiger partial charge in [-0.25, -0.2) is 9.29 Å². The molecule has 174 valence electrons. The standard InChI is InChI=1S/C18H17F3N6S.2C2H6/c19-18(20,21)4-8-28-26-11-17(12-26,3-5-22)27-10-13(9-25-27)14-1-6-23-16-15(14)2-7-24-16;2*1-2/h1-2,6-7,9-10H,3-4,8,11-12H2,(H,23,24);2*1-2H3. The number of nitrogens with zero attached hydrogens (tertiary/aromatic N) is 5. The molecule has 0 atom stereocenters. The summed E-state index contributed by atoms with van der Waals surface area (Å²) in [6.45, 7) is 8.97. The highest BCUT2D eigenvalue weighted by atomic mass is 32.2. The van der Waals surface area contributed by atoms with Crippen molar-refractivity contribution in [1.29, 1.82) is 5.26 Å². The van der Waals surface area contributed by atoms with Crippen LogP contribution in [-0.2, 0) is 5.54 Å². The van der Waals surface area contributed by atoms with Crippen LogP contribution in [0.5, 0.6) is 0 Å². The molecule has 4 rings (SSSR count). The molecule has 0 unspecified atom stereocenters. The molecular weight excluding hydrogens is 437 g/mol. The Labute approximate surface area is 190 Å². The van der Waals surface area contributed by atoms with Crippen molar-refractivity contribution in [3.05, 3.63) is 36.9 Å². The van der Waals surface area contributed by atoms with Crippen molar-refractivity contribution in [2.75, 3.05) is 18.8 Å². The van der Waals surface area contributed by atoms with Gasteiger partial charge in [-0.1, -0.05) is 39.6 Å². The number of H-pyrrole nitrogens is 1. The molecule has 6 nitrogen and oxygen atoms in total. The molecular formula is C22H29F3N6S. The van der Waals surface area contributed by atoms with Crippen LogP contribution in [0.2, 0.25) is 0 Å². The van der Waals surface area contributed by atoms with Crippen LogP contribution < -0.4 is 0 Å². The first-order chi connectivity index (χ1) is 15.4. The van der Waals surface area contributed by atoms with Gasteiger partial charge in [-0.15, -0.1) is 0 Å². The van der Waals surface area contributed by atoms with E-state index in [0.717, 1.165) is 22.2 Å². The third-order valence-corrected chi connectivity index (χ3v) is 5.86. The van der Waals surface area contributed by atoms with Crippen LogP contribution in [-0.4, -0.2) is 49.1 Å². The molecule has 1 aliphatic rings. The van der Waals surface area contributed by atoms with Gasteiger partial charge in [0.2, 0.25) is 0 Å². The summed E-state index contributed by atoms with van der Waals surface area (Å²) in [5.74, 6) is -0.0149. The number of hydrogen-bond acceptors (Lipinski definition) is 5. The average Bonchev–Trinajstić information content (AvgIpc) is 3.43. The van der Waals surface area contributed by atoms with Crippen LogP contribution in [0.25, 0.3) is 22.2 Å². The minimum atomic E-state index is -4.15. The van der Waals surface area contributed by atoms with Crippen molar-refractivity contribution in [3.8, 4) is 17.2 Å². The van der Waals surface area contributed by atoms with Crippen molar-refractivity contribution in [1.82, 2.24) is 24.1 Å². The number of aromatic amines is 1. The lowest BCUT2D eigenvalue weighted by atomic mass is 9.89. The van der Waals surface area contributed by atoms with Gasteiger partial charge in [-0.2, -0.15) is 23.5 Å². The fourth-order valence-corrected chi connectivity index (χ4v) is 4.65. The normalized spacial score (nSPS) is 15.1. The Balaban J connectivity index is 0.000000860. The fraction of sp³-hybridized carbons (Fsp3) is 0.500. The highest BCUT2D eigenvalue weighted by Crippen LogP contribution is 2.38. The lowest BCUT2D eigenvalue weighted by Crippen LogP contribution is -2.60. The second-order valence-corrected chi connectivity index (χ2v) is 8.01. The average molecular weight is 467 g/mol. The van der Waals surface area contributed by atoms with Crippen LogP contribution in [0.1, 0.15) is 40.5 Å². The van der Waals surface area contributed by atoms with Gasteiger partial charge in [0.1, 0.15) is 11.2 Å². The molecule has 4 heterocycles. The number of nitriles is 1. The summed E-state index contributed by atoms with van der Waals surface area (Å²) in [4.78, 5) is 7.35. The van der Waals surface area contributed by atoms with Crippen LogP contribution in [0.15, 0.2) is 36.9 Å². The van der Waals surface area contributed by atoms with Crippen molar-refractivity contribution in [2.45, 2.75) is 52.3 Å². The van der Waals surface area contributed by atoms with E-state index in [-0.39, 0.29) is 12.2 Å². The first-order valence-electron chi connectivity index (χ1n) is 10.7. The van der Waals surface area contributed by atoms with Crippen LogP contribution >= 0.6 is 11.9 Å². The van der Waals surface area contributed by atoms with Gasteiger partial charge in [-0.3, -0.25) is 4.68 Å². The second kappa shape index (κ2) is 11.4. The monoisotopic (exact) mass is 466 g/mol. The minimum Gasteiger partial charge on any atom is -0.346 e. The van der Waals surface area contributed by atoms with Crippen molar-refractivity contribution in [3.63, 3.8) is 0 Å². The molecule has 3 aromatic heterocycles. The number of aromatic nitrogens is 4. The molecule has 0 saturated carbocycles. The minimum absolute atomic E-state index is 0.0149. The van der Waals surface area contributed by atoms with E-state index >= 15 is 0 Å². The number of fused-ring (bicyclic) bond motifs is 1. The molecule has 1 fully saturated rings. The summed E-state index contributed by atoms with van der Waals surface area (Å²) < 4.78 is 40.6. The summed E-state index contributed by atoms with van der Waals surface area (Å²) in [6.07, 6.45) is 2.48. The molecule has 10 heteroatoms. The van der Waals surface area contributed by atoms with E-state index < -0.39 is 18.1 Å². The predicted molar refractivity (Wildman–Crippen MR) is 123 cm³/mol. The molecule has 1 N–H and O–H groups in total. The zero-order valence-electron chi connectivity index (χ0n) is 18.8. The second-order valence-electron chi connectivity index (χ2n) is 6.83. The molecule has 0 aromatic carbocycles. The number of nitrogens with one attached hydrogen (secondary N) is 1. The van der Waals surface area contributed by atoms with Gasteiger partial charge >= 0.3 is 6.18 Å². The maximum Gasteiger partial charge on any atom is 0.389 e. The lowest BCUT2D eigenvalue weighted by Gasteiger charge is -2.48.